The summed E-state index contributed by atoms with van der Waals surface area (Å²) >= 11 is 1.29. The fourth-order valence-corrected chi connectivity index (χ4v) is 1.87. The van der Waals surface area contributed by atoms with E-state index in [2.05, 4.69) is 16.4 Å². The third-order valence-corrected chi connectivity index (χ3v) is 2.95. The van der Waals surface area contributed by atoms with Crippen molar-refractivity contribution in [1.82, 2.24) is 4.98 Å². The van der Waals surface area contributed by atoms with Gasteiger partial charge in [0.05, 0.1) is 5.51 Å². The number of anilines is 2. The SMILES string of the molecule is CC(=O)c1ccc(Nc2ncsc2C#N)cc1. The van der Waals surface area contributed by atoms with Crippen LogP contribution in [0.25, 0.3) is 0 Å². The number of nitriles is 1. The summed E-state index contributed by atoms with van der Waals surface area (Å²) in [6.45, 7) is 1.52. The molecule has 5 heteroatoms. The molecule has 1 N–H and O–H groups in total. The van der Waals surface area contributed by atoms with Crippen LogP contribution in [-0.4, -0.2) is 10.8 Å². The summed E-state index contributed by atoms with van der Waals surface area (Å²) < 4.78 is 0. The molecule has 0 spiro atoms. The van der Waals surface area contributed by atoms with Gasteiger partial charge in [-0.1, -0.05) is 0 Å². The molecule has 17 heavy (non-hydrogen) atoms. The molecule has 0 fully saturated rings. The largest absolute Gasteiger partial charge is 0.338 e. The minimum absolute atomic E-state index is 0.0305. The Hall–Kier alpha value is -2.19. The third-order valence-electron chi connectivity index (χ3n) is 2.22. The lowest BCUT2D eigenvalue weighted by atomic mass is 10.1. The summed E-state index contributed by atoms with van der Waals surface area (Å²) in [5, 5.41) is 11.9. The standard InChI is InChI=1S/C12H9N3OS/c1-8(16)9-2-4-10(5-3-9)15-12-11(6-13)17-7-14-12/h2-5,7,15H,1H3. The van der Waals surface area contributed by atoms with Crippen molar-refractivity contribution in [3.63, 3.8) is 0 Å². The number of nitrogens with zero attached hydrogens (tertiary/aromatic N) is 2. The number of carbonyl (C=O) groups excluding carboxylic acids is 1. The lowest BCUT2D eigenvalue weighted by Crippen LogP contribution is -1.95. The second-order valence-electron chi connectivity index (χ2n) is 3.40. The Balaban J connectivity index is 2.20. The highest BCUT2D eigenvalue weighted by Gasteiger charge is 2.05. The molecule has 2 rings (SSSR count). The van der Waals surface area contributed by atoms with Gasteiger partial charge in [-0.15, -0.1) is 11.3 Å². The highest BCUT2D eigenvalue weighted by Crippen LogP contribution is 2.22. The number of hydrogen-bond donors (Lipinski definition) is 1. The molecular formula is C12H9N3OS. The van der Waals surface area contributed by atoms with Gasteiger partial charge in [0.25, 0.3) is 0 Å². The molecule has 0 aliphatic carbocycles. The van der Waals surface area contributed by atoms with Crippen LogP contribution in [0.1, 0.15) is 22.2 Å². The van der Waals surface area contributed by atoms with E-state index in [1.54, 1.807) is 29.8 Å². The molecular weight excluding hydrogens is 234 g/mol. The number of aromatic nitrogens is 1. The van der Waals surface area contributed by atoms with E-state index in [1.165, 1.54) is 18.3 Å². The van der Waals surface area contributed by atoms with E-state index in [-0.39, 0.29) is 5.78 Å². The number of ketones is 1. The first-order valence-electron chi connectivity index (χ1n) is 4.92. The Bertz CT molecular complexity index is 581. The zero-order valence-corrected chi connectivity index (χ0v) is 9.91. The predicted octanol–water partition coefficient (Wildman–Crippen LogP) is 2.96. The first kappa shape index (κ1) is 11.3. The fraction of sp³-hybridized carbons (Fsp3) is 0.0833. The van der Waals surface area contributed by atoms with Crippen LogP contribution >= 0.6 is 11.3 Å². The number of rotatable bonds is 3. The van der Waals surface area contributed by atoms with E-state index in [1.807, 2.05) is 0 Å². The van der Waals surface area contributed by atoms with E-state index in [0.717, 1.165) is 5.69 Å². The van der Waals surface area contributed by atoms with Gasteiger partial charge in [0, 0.05) is 11.3 Å². The molecule has 84 valence electrons. The van der Waals surface area contributed by atoms with Crippen molar-refractivity contribution in [1.29, 1.82) is 5.26 Å². The van der Waals surface area contributed by atoms with E-state index < -0.39 is 0 Å². The highest BCUT2D eigenvalue weighted by atomic mass is 32.1. The Morgan fingerprint density at radius 3 is 2.71 bits per heavy atom. The molecule has 1 heterocycles. The number of carbonyl (C=O) groups is 1. The zero-order valence-electron chi connectivity index (χ0n) is 9.10. The van der Waals surface area contributed by atoms with E-state index in [9.17, 15) is 4.79 Å². The number of benzene rings is 1. The van der Waals surface area contributed by atoms with Gasteiger partial charge in [-0.3, -0.25) is 4.79 Å². The normalized spacial score (nSPS) is 9.65. The van der Waals surface area contributed by atoms with Gasteiger partial charge in [0.15, 0.2) is 11.6 Å². The van der Waals surface area contributed by atoms with Crippen molar-refractivity contribution in [3.8, 4) is 6.07 Å². The number of thiazole rings is 1. The second-order valence-corrected chi connectivity index (χ2v) is 4.26. The van der Waals surface area contributed by atoms with Crippen molar-refractivity contribution in [2.75, 3.05) is 5.32 Å². The zero-order chi connectivity index (χ0) is 12.3. The average molecular weight is 243 g/mol. The van der Waals surface area contributed by atoms with Crippen LogP contribution in [0.4, 0.5) is 11.5 Å². The third kappa shape index (κ3) is 2.49. The molecule has 4 nitrogen and oxygen atoms in total. The molecule has 0 aliphatic rings. The summed E-state index contributed by atoms with van der Waals surface area (Å²) in [5.74, 6) is 0.580. The summed E-state index contributed by atoms with van der Waals surface area (Å²) in [4.78, 5) is 15.7. The predicted molar refractivity (Wildman–Crippen MR) is 66.6 cm³/mol. The number of hydrogen-bond acceptors (Lipinski definition) is 5. The van der Waals surface area contributed by atoms with Crippen molar-refractivity contribution in [3.05, 3.63) is 40.2 Å². The quantitative estimate of drug-likeness (QED) is 0.842. The van der Waals surface area contributed by atoms with Crippen molar-refractivity contribution >= 4 is 28.6 Å². The molecule has 0 unspecified atom stereocenters. The Labute approximate surface area is 103 Å². The summed E-state index contributed by atoms with van der Waals surface area (Å²) in [6, 6.07) is 9.12. The van der Waals surface area contributed by atoms with E-state index in [4.69, 9.17) is 5.26 Å². The molecule has 0 bridgehead atoms. The molecule has 1 aromatic carbocycles. The average Bonchev–Trinajstić information content (AvgIpc) is 2.77. The fourth-order valence-electron chi connectivity index (χ4n) is 1.34. The van der Waals surface area contributed by atoms with Gasteiger partial charge in [-0.05, 0) is 31.2 Å². The molecule has 0 saturated carbocycles. The molecule has 2 aromatic rings. The van der Waals surface area contributed by atoms with Crippen LogP contribution in [0.15, 0.2) is 29.8 Å². The summed E-state index contributed by atoms with van der Waals surface area (Å²) in [7, 11) is 0. The van der Waals surface area contributed by atoms with Gasteiger partial charge in [-0.25, -0.2) is 4.98 Å². The van der Waals surface area contributed by atoms with Gasteiger partial charge in [0.2, 0.25) is 0 Å². The molecule has 0 atom stereocenters. The summed E-state index contributed by atoms with van der Waals surface area (Å²) in [5.41, 5.74) is 3.08. The van der Waals surface area contributed by atoms with Crippen LogP contribution in [0.3, 0.4) is 0 Å². The van der Waals surface area contributed by atoms with Crippen LogP contribution in [0.5, 0.6) is 0 Å². The van der Waals surface area contributed by atoms with Crippen LogP contribution in [-0.2, 0) is 0 Å². The topological polar surface area (TPSA) is 65.8 Å². The number of nitrogens with one attached hydrogen (secondary N) is 1. The Morgan fingerprint density at radius 1 is 1.41 bits per heavy atom. The smallest absolute Gasteiger partial charge is 0.159 e. The van der Waals surface area contributed by atoms with Gasteiger partial charge in [-0.2, -0.15) is 5.26 Å². The van der Waals surface area contributed by atoms with Crippen molar-refractivity contribution in [2.45, 2.75) is 6.92 Å². The van der Waals surface area contributed by atoms with Gasteiger partial charge in [0.1, 0.15) is 10.9 Å². The molecule has 0 radical (unpaired) electrons. The molecule has 0 aliphatic heterocycles. The molecule has 0 saturated heterocycles. The monoisotopic (exact) mass is 243 g/mol. The highest BCUT2D eigenvalue weighted by molar-refractivity contribution is 7.10. The first-order chi connectivity index (χ1) is 8.20. The van der Waals surface area contributed by atoms with E-state index in [0.29, 0.717) is 16.3 Å². The Kier molecular flexibility index (Phi) is 3.17. The lowest BCUT2D eigenvalue weighted by Gasteiger charge is -2.03. The van der Waals surface area contributed by atoms with Crippen molar-refractivity contribution < 1.29 is 4.79 Å². The van der Waals surface area contributed by atoms with Crippen LogP contribution < -0.4 is 5.32 Å². The maximum absolute atomic E-state index is 11.1. The van der Waals surface area contributed by atoms with Crippen LogP contribution in [0, 0.1) is 11.3 Å². The van der Waals surface area contributed by atoms with Gasteiger partial charge < -0.3 is 5.32 Å². The second kappa shape index (κ2) is 4.76. The van der Waals surface area contributed by atoms with Crippen molar-refractivity contribution in [2.24, 2.45) is 0 Å². The maximum atomic E-state index is 11.1. The first-order valence-corrected chi connectivity index (χ1v) is 5.80. The molecule has 0 amide bonds. The Morgan fingerprint density at radius 2 is 2.12 bits per heavy atom. The number of Topliss-reactive ketones (excluding diaryl/α,β-unsaturated/α-hetero) is 1. The van der Waals surface area contributed by atoms with Gasteiger partial charge >= 0.3 is 0 Å². The lowest BCUT2D eigenvalue weighted by molar-refractivity contribution is 0.101. The molecule has 1 aromatic heterocycles. The minimum atomic E-state index is 0.0305. The maximum Gasteiger partial charge on any atom is 0.159 e. The van der Waals surface area contributed by atoms with E-state index >= 15 is 0 Å². The summed E-state index contributed by atoms with van der Waals surface area (Å²) in [6.07, 6.45) is 0. The minimum Gasteiger partial charge on any atom is -0.338 e. The van der Waals surface area contributed by atoms with Crippen LogP contribution in [0.2, 0.25) is 0 Å².